The molecule has 2 rings (SSSR count). The van der Waals surface area contributed by atoms with Gasteiger partial charge in [-0.25, -0.2) is 0 Å². The maximum Gasteiger partial charge on any atom is 0.248 e. The molecule has 0 saturated heterocycles. The van der Waals surface area contributed by atoms with Crippen LogP contribution in [0, 0.1) is 0 Å². The quantitative estimate of drug-likeness (QED) is 0.600. The van der Waals surface area contributed by atoms with Crippen LogP contribution in [0.2, 0.25) is 5.02 Å². The number of halogens is 2. The Morgan fingerprint density at radius 2 is 1.83 bits per heavy atom. The van der Waals surface area contributed by atoms with Gasteiger partial charge in [0.25, 0.3) is 0 Å². The van der Waals surface area contributed by atoms with Crippen LogP contribution in [0.4, 0.5) is 5.69 Å². The third kappa shape index (κ3) is 4.94. The Hall–Kier alpha value is -2.11. The summed E-state index contributed by atoms with van der Waals surface area (Å²) < 4.78 is 6.02. The van der Waals surface area contributed by atoms with Crippen LogP contribution in [0.3, 0.4) is 0 Å². The fourth-order valence-corrected chi connectivity index (χ4v) is 2.25. The van der Waals surface area contributed by atoms with Crippen molar-refractivity contribution in [2.45, 2.75) is 0 Å². The Kier molecular flexibility index (Phi) is 5.96. The number of methoxy groups -OCH3 is 1. The number of ketones is 1. The molecule has 0 fully saturated rings. The first-order valence-corrected chi connectivity index (χ1v) is 7.79. The van der Waals surface area contributed by atoms with Gasteiger partial charge in [0.2, 0.25) is 5.91 Å². The summed E-state index contributed by atoms with van der Waals surface area (Å²) in [5.41, 5.74) is 0.934. The van der Waals surface area contributed by atoms with Gasteiger partial charge < -0.3 is 10.1 Å². The van der Waals surface area contributed by atoms with E-state index in [2.05, 4.69) is 21.2 Å². The molecule has 0 aromatic heterocycles. The first kappa shape index (κ1) is 17.2. The number of hydrogen-bond donors (Lipinski definition) is 1. The highest BCUT2D eigenvalue weighted by Crippen LogP contribution is 2.27. The number of carbonyl (C=O) groups excluding carboxylic acids is 2. The molecule has 6 heteroatoms. The third-order valence-electron chi connectivity index (χ3n) is 2.93. The number of rotatable bonds is 5. The number of nitrogens with one attached hydrogen (secondary N) is 1. The maximum absolute atomic E-state index is 12.0. The largest absolute Gasteiger partial charge is 0.495 e. The number of carbonyl (C=O) groups is 2. The number of benzene rings is 2. The molecule has 0 radical (unpaired) electrons. The zero-order valence-corrected chi connectivity index (χ0v) is 14.5. The van der Waals surface area contributed by atoms with Gasteiger partial charge in [-0.05, 0) is 48.5 Å². The standard InChI is InChI=1S/C17H13BrClNO3/c1-23-16-8-6-13(19)10-14(16)20-17(22)9-7-15(21)11-2-4-12(18)5-3-11/h2-10H,1H3,(H,20,22)/b9-7+. The lowest BCUT2D eigenvalue weighted by Gasteiger charge is -2.08. The summed E-state index contributed by atoms with van der Waals surface area (Å²) in [6.45, 7) is 0. The van der Waals surface area contributed by atoms with E-state index in [1.54, 1.807) is 42.5 Å². The number of hydrogen-bond acceptors (Lipinski definition) is 3. The summed E-state index contributed by atoms with van der Waals surface area (Å²) >= 11 is 9.19. The first-order chi connectivity index (χ1) is 11.0. The minimum Gasteiger partial charge on any atom is -0.495 e. The Labute approximate surface area is 147 Å². The third-order valence-corrected chi connectivity index (χ3v) is 3.70. The number of ether oxygens (including phenoxy) is 1. The highest BCUT2D eigenvalue weighted by atomic mass is 79.9. The Balaban J connectivity index is 2.06. The SMILES string of the molecule is COc1ccc(Cl)cc1NC(=O)/C=C/C(=O)c1ccc(Br)cc1. The van der Waals surface area contributed by atoms with Crippen LogP contribution in [0.1, 0.15) is 10.4 Å². The Morgan fingerprint density at radius 1 is 1.13 bits per heavy atom. The summed E-state index contributed by atoms with van der Waals surface area (Å²) in [7, 11) is 1.49. The predicted octanol–water partition coefficient (Wildman–Crippen LogP) is 4.49. The summed E-state index contributed by atoms with van der Waals surface area (Å²) in [6.07, 6.45) is 2.39. The zero-order valence-electron chi connectivity index (χ0n) is 12.2. The van der Waals surface area contributed by atoms with Gasteiger partial charge in [-0.1, -0.05) is 27.5 Å². The molecule has 1 amide bonds. The van der Waals surface area contributed by atoms with Crippen molar-refractivity contribution in [2.24, 2.45) is 0 Å². The molecule has 1 N–H and O–H groups in total. The lowest BCUT2D eigenvalue weighted by molar-refractivity contribution is -0.111. The molecule has 0 unspecified atom stereocenters. The van der Waals surface area contributed by atoms with Gasteiger partial charge in [-0.3, -0.25) is 9.59 Å². The molecular weight excluding hydrogens is 382 g/mol. The molecule has 23 heavy (non-hydrogen) atoms. The fourth-order valence-electron chi connectivity index (χ4n) is 1.81. The second kappa shape index (κ2) is 7.94. The number of allylic oxidation sites excluding steroid dienone is 1. The van der Waals surface area contributed by atoms with Crippen LogP contribution in [-0.2, 0) is 4.79 Å². The van der Waals surface area contributed by atoms with Crippen molar-refractivity contribution < 1.29 is 14.3 Å². The Morgan fingerprint density at radius 3 is 2.48 bits per heavy atom. The van der Waals surface area contributed by atoms with E-state index in [1.807, 2.05) is 0 Å². The van der Waals surface area contributed by atoms with Gasteiger partial charge in [0.1, 0.15) is 5.75 Å². The van der Waals surface area contributed by atoms with Crippen LogP contribution < -0.4 is 10.1 Å². The maximum atomic E-state index is 12.0. The van der Waals surface area contributed by atoms with E-state index in [0.29, 0.717) is 22.0 Å². The van der Waals surface area contributed by atoms with Crippen LogP contribution in [0.25, 0.3) is 0 Å². The molecule has 0 atom stereocenters. The monoisotopic (exact) mass is 393 g/mol. The van der Waals surface area contributed by atoms with E-state index in [0.717, 1.165) is 4.47 Å². The zero-order chi connectivity index (χ0) is 16.8. The van der Waals surface area contributed by atoms with Gasteiger partial charge in [0.05, 0.1) is 12.8 Å². The molecule has 0 aliphatic heterocycles. The van der Waals surface area contributed by atoms with E-state index in [9.17, 15) is 9.59 Å². The predicted molar refractivity (Wildman–Crippen MR) is 94.2 cm³/mol. The molecule has 2 aromatic rings. The van der Waals surface area contributed by atoms with Gasteiger partial charge >= 0.3 is 0 Å². The van der Waals surface area contributed by atoms with Crippen molar-refractivity contribution in [2.75, 3.05) is 12.4 Å². The van der Waals surface area contributed by atoms with Gasteiger partial charge in [0.15, 0.2) is 5.78 Å². The highest BCUT2D eigenvalue weighted by molar-refractivity contribution is 9.10. The van der Waals surface area contributed by atoms with E-state index >= 15 is 0 Å². The highest BCUT2D eigenvalue weighted by Gasteiger charge is 2.07. The van der Waals surface area contributed by atoms with E-state index < -0.39 is 5.91 Å². The summed E-state index contributed by atoms with van der Waals surface area (Å²) in [6, 6.07) is 11.7. The van der Waals surface area contributed by atoms with Gasteiger partial charge in [-0.2, -0.15) is 0 Å². The van der Waals surface area contributed by atoms with Crippen LogP contribution in [0.15, 0.2) is 59.1 Å². The van der Waals surface area contributed by atoms with Crippen molar-refractivity contribution >= 4 is 44.9 Å². The van der Waals surface area contributed by atoms with Crippen molar-refractivity contribution in [1.82, 2.24) is 0 Å². The molecule has 0 saturated carbocycles. The average Bonchev–Trinajstić information content (AvgIpc) is 2.53. The average molecular weight is 395 g/mol. The van der Waals surface area contributed by atoms with Crippen molar-refractivity contribution in [3.63, 3.8) is 0 Å². The first-order valence-electron chi connectivity index (χ1n) is 6.62. The van der Waals surface area contributed by atoms with Crippen LogP contribution in [-0.4, -0.2) is 18.8 Å². The van der Waals surface area contributed by atoms with Crippen molar-refractivity contribution in [1.29, 1.82) is 0 Å². The smallest absolute Gasteiger partial charge is 0.248 e. The minimum absolute atomic E-state index is 0.259. The molecular formula is C17H13BrClNO3. The topological polar surface area (TPSA) is 55.4 Å². The fraction of sp³-hybridized carbons (Fsp3) is 0.0588. The molecule has 0 aliphatic carbocycles. The molecule has 2 aromatic carbocycles. The second-order valence-electron chi connectivity index (χ2n) is 4.54. The Bertz CT molecular complexity index is 757. The number of amides is 1. The van der Waals surface area contributed by atoms with Crippen LogP contribution >= 0.6 is 27.5 Å². The molecule has 0 spiro atoms. The molecule has 118 valence electrons. The van der Waals surface area contributed by atoms with Crippen LogP contribution in [0.5, 0.6) is 5.75 Å². The normalized spacial score (nSPS) is 10.6. The molecule has 4 nitrogen and oxygen atoms in total. The van der Waals surface area contributed by atoms with Gasteiger partial charge in [0, 0.05) is 21.1 Å². The molecule has 0 heterocycles. The van der Waals surface area contributed by atoms with E-state index in [1.165, 1.54) is 19.3 Å². The van der Waals surface area contributed by atoms with Gasteiger partial charge in [-0.15, -0.1) is 0 Å². The van der Waals surface area contributed by atoms with E-state index in [4.69, 9.17) is 16.3 Å². The summed E-state index contributed by atoms with van der Waals surface area (Å²) in [5, 5.41) is 3.09. The van der Waals surface area contributed by atoms with Crippen molar-refractivity contribution in [3.8, 4) is 5.75 Å². The van der Waals surface area contributed by atoms with Crippen molar-refractivity contribution in [3.05, 3.63) is 69.7 Å². The summed E-state index contributed by atoms with van der Waals surface area (Å²) in [5.74, 6) is -0.225. The lowest BCUT2D eigenvalue weighted by Crippen LogP contribution is -2.10. The molecule has 0 aliphatic rings. The minimum atomic E-state index is -0.448. The molecule has 0 bridgehead atoms. The second-order valence-corrected chi connectivity index (χ2v) is 5.89. The summed E-state index contributed by atoms with van der Waals surface area (Å²) in [4.78, 5) is 23.9. The van der Waals surface area contributed by atoms with E-state index in [-0.39, 0.29) is 5.78 Å². The number of anilines is 1. The lowest BCUT2D eigenvalue weighted by atomic mass is 10.1.